The van der Waals surface area contributed by atoms with Crippen molar-refractivity contribution in [1.82, 2.24) is 19.9 Å². The first-order valence-electron chi connectivity index (χ1n) is 8.41. The number of aromatic nitrogens is 3. The van der Waals surface area contributed by atoms with Crippen LogP contribution in [0.25, 0.3) is 11.0 Å². The van der Waals surface area contributed by atoms with E-state index in [-0.39, 0.29) is 11.3 Å². The smallest absolute Gasteiger partial charge is 0.248 e. The Morgan fingerprint density at radius 2 is 2.38 bits per heavy atom. The molecule has 0 aromatic carbocycles. The van der Waals surface area contributed by atoms with E-state index in [1.807, 2.05) is 17.2 Å². The Hall–Kier alpha value is -2.15. The molecule has 7 nitrogen and oxygen atoms in total. The number of nitrogens with zero attached hydrogens (tertiary/aromatic N) is 4. The number of amides is 1. The average Bonchev–Trinajstić information content (AvgIpc) is 3.24. The molecule has 1 saturated carbocycles. The third-order valence-electron chi connectivity index (χ3n) is 5.94. The topological polar surface area (TPSA) is 85.4 Å². The molecule has 3 atom stereocenters. The zero-order chi connectivity index (χ0) is 16.9. The number of rotatable bonds is 3. The second kappa shape index (κ2) is 5.44. The molecule has 2 aliphatic rings. The highest BCUT2D eigenvalue weighted by Crippen LogP contribution is 2.50. The fourth-order valence-corrected chi connectivity index (χ4v) is 4.55. The summed E-state index contributed by atoms with van der Waals surface area (Å²) in [5.41, 5.74) is 0.976. The van der Waals surface area contributed by atoms with Crippen LogP contribution in [0.3, 0.4) is 0 Å². The van der Waals surface area contributed by atoms with Crippen molar-refractivity contribution in [1.29, 1.82) is 0 Å². The Morgan fingerprint density at radius 3 is 3.12 bits per heavy atom. The van der Waals surface area contributed by atoms with Crippen LogP contribution in [0.15, 0.2) is 18.6 Å². The normalized spacial score (nSPS) is 29.2. The van der Waals surface area contributed by atoms with Crippen LogP contribution in [-0.2, 0) is 4.79 Å². The molecule has 2 N–H and O–H groups in total. The van der Waals surface area contributed by atoms with E-state index in [0.717, 1.165) is 42.8 Å². The number of H-pyrrole nitrogens is 1. The number of hydrogen-bond acceptors (Lipinski definition) is 5. The number of nitrogens with one attached hydrogen (secondary N) is 1. The number of likely N-dealkylation sites (tertiary alicyclic amines) is 1. The van der Waals surface area contributed by atoms with Crippen molar-refractivity contribution in [2.75, 3.05) is 31.6 Å². The van der Waals surface area contributed by atoms with Crippen molar-refractivity contribution in [3.63, 3.8) is 0 Å². The predicted molar refractivity (Wildman–Crippen MR) is 90.6 cm³/mol. The first kappa shape index (κ1) is 15.4. The third kappa shape index (κ3) is 2.26. The molecular formula is C17H23N5O2. The standard InChI is InChI=1S/C17H23N5O2/c1-17-6-12(5-11(17)7-22(9-17)14(24)8-23)21(2)16-13-3-4-18-15(13)19-10-20-16/h3-4,10-12,23H,5-9H2,1-2H3,(H,18,19,20)/t11-,12+,17+/m1/s1. The van der Waals surface area contributed by atoms with Gasteiger partial charge in [0.25, 0.3) is 0 Å². The Morgan fingerprint density at radius 1 is 1.54 bits per heavy atom. The first-order valence-corrected chi connectivity index (χ1v) is 8.41. The molecule has 0 unspecified atom stereocenters. The summed E-state index contributed by atoms with van der Waals surface area (Å²) in [5, 5.41) is 10.1. The number of aromatic amines is 1. The van der Waals surface area contributed by atoms with Crippen molar-refractivity contribution in [2.45, 2.75) is 25.8 Å². The van der Waals surface area contributed by atoms with Crippen molar-refractivity contribution >= 4 is 22.8 Å². The minimum Gasteiger partial charge on any atom is -0.387 e. The molecule has 3 heterocycles. The van der Waals surface area contributed by atoms with Gasteiger partial charge in [0.15, 0.2) is 0 Å². The van der Waals surface area contributed by atoms with Crippen molar-refractivity contribution < 1.29 is 9.90 Å². The van der Waals surface area contributed by atoms with Gasteiger partial charge in [0.2, 0.25) is 5.91 Å². The molecule has 2 fully saturated rings. The van der Waals surface area contributed by atoms with Crippen LogP contribution < -0.4 is 4.90 Å². The molecule has 0 radical (unpaired) electrons. The number of aliphatic hydroxyl groups excluding tert-OH is 1. The van der Waals surface area contributed by atoms with Gasteiger partial charge < -0.3 is 19.9 Å². The van der Waals surface area contributed by atoms with Gasteiger partial charge in [0.05, 0.1) is 5.39 Å². The van der Waals surface area contributed by atoms with Gasteiger partial charge >= 0.3 is 0 Å². The number of carbonyl (C=O) groups is 1. The van der Waals surface area contributed by atoms with Gasteiger partial charge in [-0.1, -0.05) is 6.92 Å². The maximum absolute atomic E-state index is 11.8. The molecule has 4 rings (SSSR count). The lowest BCUT2D eigenvalue weighted by Crippen LogP contribution is -2.37. The van der Waals surface area contributed by atoms with E-state index < -0.39 is 6.61 Å². The molecule has 128 valence electrons. The summed E-state index contributed by atoms with van der Waals surface area (Å²) in [5.74, 6) is 1.28. The summed E-state index contributed by atoms with van der Waals surface area (Å²) >= 11 is 0. The van der Waals surface area contributed by atoms with Crippen LogP contribution in [-0.4, -0.2) is 63.7 Å². The maximum atomic E-state index is 11.8. The number of carbonyl (C=O) groups excluding carboxylic acids is 1. The largest absolute Gasteiger partial charge is 0.387 e. The third-order valence-corrected chi connectivity index (χ3v) is 5.94. The summed E-state index contributed by atoms with van der Waals surface area (Å²) in [4.78, 5) is 27.8. The fraction of sp³-hybridized carbons (Fsp3) is 0.588. The van der Waals surface area contributed by atoms with Gasteiger partial charge in [-0.05, 0) is 30.2 Å². The Bertz CT molecular complexity index is 775. The molecule has 24 heavy (non-hydrogen) atoms. The monoisotopic (exact) mass is 329 g/mol. The van der Waals surface area contributed by atoms with Crippen molar-refractivity contribution in [2.24, 2.45) is 11.3 Å². The SMILES string of the molecule is CN(c1ncnc2[nH]ccc12)[C@H]1C[C@@H]2CN(C(=O)CO)C[C@]2(C)C1. The van der Waals surface area contributed by atoms with E-state index in [1.54, 1.807) is 6.33 Å². The van der Waals surface area contributed by atoms with Crippen LogP contribution in [0.4, 0.5) is 5.82 Å². The highest BCUT2D eigenvalue weighted by molar-refractivity contribution is 5.87. The lowest BCUT2D eigenvalue weighted by Gasteiger charge is -2.29. The zero-order valence-corrected chi connectivity index (χ0v) is 14.1. The Kier molecular flexibility index (Phi) is 3.49. The van der Waals surface area contributed by atoms with E-state index in [0.29, 0.717) is 12.0 Å². The van der Waals surface area contributed by atoms with Gasteiger partial charge in [-0.3, -0.25) is 4.79 Å². The molecule has 1 amide bonds. The van der Waals surface area contributed by atoms with Gasteiger partial charge in [0, 0.05) is 32.4 Å². The number of fused-ring (bicyclic) bond motifs is 2. The number of aliphatic hydroxyl groups is 1. The molecule has 0 spiro atoms. The summed E-state index contributed by atoms with van der Waals surface area (Å²) in [7, 11) is 2.10. The van der Waals surface area contributed by atoms with Crippen LogP contribution in [0.2, 0.25) is 0 Å². The Balaban J connectivity index is 1.54. The number of anilines is 1. The summed E-state index contributed by atoms with van der Waals surface area (Å²) in [6.45, 7) is 3.37. The van der Waals surface area contributed by atoms with Crippen LogP contribution in [0.1, 0.15) is 19.8 Å². The molecule has 1 saturated heterocycles. The highest BCUT2D eigenvalue weighted by Gasteiger charge is 2.51. The summed E-state index contributed by atoms with van der Waals surface area (Å²) in [6, 6.07) is 2.42. The predicted octanol–water partition coefficient (Wildman–Crippen LogP) is 1.01. The van der Waals surface area contributed by atoms with E-state index >= 15 is 0 Å². The maximum Gasteiger partial charge on any atom is 0.248 e. The minimum absolute atomic E-state index is 0.119. The molecule has 1 aliphatic heterocycles. The highest BCUT2D eigenvalue weighted by atomic mass is 16.3. The molecule has 0 bridgehead atoms. The van der Waals surface area contributed by atoms with Crippen LogP contribution in [0.5, 0.6) is 0 Å². The van der Waals surface area contributed by atoms with Crippen LogP contribution in [0, 0.1) is 11.3 Å². The summed E-state index contributed by atoms with van der Waals surface area (Å²) < 4.78 is 0. The van der Waals surface area contributed by atoms with Crippen molar-refractivity contribution in [3.8, 4) is 0 Å². The zero-order valence-electron chi connectivity index (χ0n) is 14.1. The lowest BCUT2D eigenvalue weighted by atomic mass is 9.83. The minimum atomic E-state index is -0.390. The van der Waals surface area contributed by atoms with Gasteiger partial charge in [-0.25, -0.2) is 9.97 Å². The van der Waals surface area contributed by atoms with Crippen molar-refractivity contribution in [3.05, 3.63) is 18.6 Å². The number of hydrogen-bond donors (Lipinski definition) is 2. The molecule has 2 aromatic heterocycles. The van der Waals surface area contributed by atoms with E-state index in [9.17, 15) is 4.79 Å². The second-order valence-corrected chi connectivity index (χ2v) is 7.43. The Labute approximate surface area is 140 Å². The quantitative estimate of drug-likeness (QED) is 0.878. The van der Waals surface area contributed by atoms with Gasteiger partial charge in [-0.15, -0.1) is 0 Å². The first-order chi connectivity index (χ1) is 11.5. The second-order valence-electron chi connectivity index (χ2n) is 7.43. The van der Waals surface area contributed by atoms with E-state index in [2.05, 4.69) is 33.8 Å². The lowest BCUT2D eigenvalue weighted by molar-refractivity contribution is -0.133. The average molecular weight is 329 g/mol. The van der Waals surface area contributed by atoms with E-state index in [1.165, 1.54) is 0 Å². The summed E-state index contributed by atoms with van der Waals surface area (Å²) in [6.07, 6.45) is 5.56. The van der Waals surface area contributed by atoms with Gasteiger partial charge in [-0.2, -0.15) is 0 Å². The van der Waals surface area contributed by atoms with Gasteiger partial charge in [0.1, 0.15) is 24.4 Å². The fourth-order valence-electron chi connectivity index (χ4n) is 4.55. The van der Waals surface area contributed by atoms with E-state index in [4.69, 9.17) is 5.11 Å². The molecule has 1 aliphatic carbocycles. The molecule has 2 aromatic rings. The van der Waals surface area contributed by atoms with Crippen LogP contribution >= 0.6 is 0 Å². The molecule has 7 heteroatoms. The molecular weight excluding hydrogens is 306 g/mol.